The number of thioether (sulfide) groups is 1. The van der Waals surface area contributed by atoms with Crippen molar-refractivity contribution in [2.24, 2.45) is 5.73 Å². The third-order valence-corrected chi connectivity index (χ3v) is 2.29. The number of halogens is 1. The van der Waals surface area contributed by atoms with Crippen molar-refractivity contribution >= 4 is 30.1 Å². The molecule has 0 aliphatic heterocycles. The maximum atomic E-state index is 11.4. The summed E-state index contributed by atoms with van der Waals surface area (Å²) in [6, 6.07) is 3.45. The van der Waals surface area contributed by atoms with Crippen molar-refractivity contribution in [1.82, 2.24) is 5.32 Å². The molecule has 0 aliphatic rings. The molecule has 1 rings (SSSR count). The molecule has 0 atom stereocenters. The smallest absolute Gasteiger partial charge is 0.287 e. The van der Waals surface area contributed by atoms with Gasteiger partial charge in [0.2, 0.25) is 0 Å². The first kappa shape index (κ1) is 14.3. The van der Waals surface area contributed by atoms with Crippen LogP contribution >= 0.6 is 24.2 Å². The molecule has 4 nitrogen and oxygen atoms in total. The van der Waals surface area contributed by atoms with Crippen LogP contribution in [0.25, 0.3) is 0 Å². The van der Waals surface area contributed by atoms with Crippen molar-refractivity contribution < 1.29 is 9.21 Å². The molecule has 0 bridgehead atoms. The average Bonchev–Trinajstić information content (AvgIpc) is 2.66. The highest BCUT2D eigenvalue weighted by Crippen LogP contribution is 2.17. The summed E-state index contributed by atoms with van der Waals surface area (Å²) in [7, 11) is 0. The van der Waals surface area contributed by atoms with E-state index in [2.05, 4.69) is 5.32 Å². The Morgan fingerprint density at radius 2 is 2.33 bits per heavy atom. The summed E-state index contributed by atoms with van der Waals surface area (Å²) in [6.45, 7) is 1.17. The van der Waals surface area contributed by atoms with Gasteiger partial charge in [-0.3, -0.25) is 4.79 Å². The number of furan rings is 1. The Morgan fingerprint density at radius 3 is 2.87 bits per heavy atom. The van der Waals surface area contributed by atoms with Gasteiger partial charge in [0.1, 0.15) is 0 Å². The molecule has 0 spiro atoms. The molecule has 3 N–H and O–H groups in total. The van der Waals surface area contributed by atoms with Crippen molar-refractivity contribution in [3.05, 3.63) is 17.9 Å². The molecular weight excluding hydrogens is 236 g/mol. The third kappa shape index (κ3) is 4.59. The molecule has 0 fully saturated rings. The molecule has 1 amide bonds. The van der Waals surface area contributed by atoms with Crippen LogP contribution in [0.15, 0.2) is 21.6 Å². The Labute approximate surface area is 99.4 Å². The number of hydrogen-bond acceptors (Lipinski definition) is 4. The maximum Gasteiger partial charge on any atom is 0.287 e. The SMILES string of the molecule is CSc1ccc(C(=O)NCCCN)o1.Cl. The lowest BCUT2D eigenvalue weighted by molar-refractivity contribution is 0.0921. The lowest BCUT2D eigenvalue weighted by Crippen LogP contribution is -2.25. The van der Waals surface area contributed by atoms with Gasteiger partial charge < -0.3 is 15.5 Å². The molecule has 0 radical (unpaired) electrons. The molecule has 0 saturated carbocycles. The van der Waals surface area contributed by atoms with Crippen LogP contribution in [-0.4, -0.2) is 25.3 Å². The van der Waals surface area contributed by atoms with Gasteiger partial charge in [-0.15, -0.1) is 12.4 Å². The van der Waals surface area contributed by atoms with Gasteiger partial charge in [0, 0.05) is 6.54 Å². The summed E-state index contributed by atoms with van der Waals surface area (Å²) in [5, 5.41) is 3.46. The Morgan fingerprint density at radius 1 is 1.60 bits per heavy atom. The van der Waals surface area contributed by atoms with Gasteiger partial charge in [-0.2, -0.15) is 0 Å². The summed E-state index contributed by atoms with van der Waals surface area (Å²) in [5.41, 5.74) is 5.30. The van der Waals surface area contributed by atoms with E-state index in [9.17, 15) is 4.79 Å². The Kier molecular flexibility index (Phi) is 7.29. The zero-order chi connectivity index (χ0) is 10.4. The molecule has 1 aromatic heterocycles. The van der Waals surface area contributed by atoms with Gasteiger partial charge in [0.05, 0.1) is 0 Å². The second-order valence-corrected chi connectivity index (χ2v) is 3.53. The number of nitrogens with one attached hydrogen (secondary N) is 1. The number of carbonyl (C=O) groups excluding carboxylic acids is 1. The first-order valence-corrected chi connectivity index (χ1v) is 5.62. The zero-order valence-electron chi connectivity index (χ0n) is 8.49. The largest absolute Gasteiger partial charge is 0.445 e. The lowest BCUT2D eigenvalue weighted by atomic mass is 10.4. The minimum absolute atomic E-state index is 0. The highest BCUT2D eigenvalue weighted by molar-refractivity contribution is 7.98. The normalized spacial score (nSPS) is 9.47. The molecule has 86 valence electrons. The lowest BCUT2D eigenvalue weighted by Gasteiger charge is -2.00. The fourth-order valence-corrected chi connectivity index (χ4v) is 1.32. The predicted molar refractivity (Wildman–Crippen MR) is 63.7 cm³/mol. The van der Waals surface area contributed by atoms with Gasteiger partial charge in [-0.1, -0.05) is 11.8 Å². The van der Waals surface area contributed by atoms with Gasteiger partial charge in [0.15, 0.2) is 10.9 Å². The van der Waals surface area contributed by atoms with E-state index >= 15 is 0 Å². The second-order valence-electron chi connectivity index (χ2n) is 2.72. The molecule has 6 heteroatoms. The molecule has 1 aromatic rings. The van der Waals surface area contributed by atoms with E-state index < -0.39 is 0 Å². The van der Waals surface area contributed by atoms with Crippen LogP contribution in [0.2, 0.25) is 0 Å². The Hall–Kier alpha value is -0.650. The van der Waals surface area contributed by atoms with Crippen molar-refractivity contribution in [3.63, 3.8) is 0 Å². The van der Waals surface area contributed by atoms with Crippen LogP contribution in [0.3, 0.4) is 0 Å². The summed E-state index contributed by atoms with van der Waals surface area (Å²) >= 11 is 1.47. The van der Waals surface area contributed by atoms with Crippen LogP contribution in [0.5, 0.6) is 0 Å². The monoisotopic (exact) mass is 250 g/mol. The minimum Gasteiger partial charge on any atom is -0.445 e. The molecule has 0 unspecified atom stereocenters. The number of rotatable bonds is 5. The number of amides is 1. The summed E-state index contributed by atoms with van der Waals surface area (Å²) in [5.74, 6) is 0.171. The molecule has 0 aromatic carbocycles. The van der Waals surface area contributed by atoms with E-state index in [0.717, 1.165) is 11.5 Å². The molecule has 0 saturated heterocycles. The summed E-state index contributed by atoms with van der Waals surface area (Å²) in [6.07, 6.45) is 2.68. The van der Waals surface area contributed by atoms with Crippen LogP contribution < -0.4 is 11.1 Å². The predicted octanol–water partition coefficient (Wildman–Crippen LogP) is 1.50. The Bertz CT molecular complexity index is 304. The first-order chi connectivity index (χ1) is 6.77. The van der Waals surface area contributed by atoms with Gasteiger partial charge >= 0.3 is 0 Å². The van der Waals surface area contributed by atoms with E-state index in [1.54, 1.807) is 12.1 Å². The second kappa shape index (κ2) is 7.62. The highest BCUT2D eigenvalue weighted by Gasteiger charge is 2.09. The van der Waals surface area contributed by atoms with E-state index in [4.69, 9.17) is 10.2 Å². The van der Waals surface area contributed by atoms with E-state index in [1.807, 2.05) is 6.26 Å². The first-order valence-electron chi connectivity index (χ1n) is 4.40. The Balaban J connectivity index is 0.00000196. The number of nitrogens with two attached hydrogens (primary N) is 1. The third-order valence-electron chi connectivity index (χ3n) is 1.67. The highest BCUT2D eigenvalue weighted by atomic mass is 35.5. The summed E-state index contributed by atoms with van der Waals surface area (Å²) in [4.78, 5) is 11.4. The van der Waals surface area contributed by atoms with Crippen LogP contribution in [0.4, 0.5) is 0 Å². The van der Waals surface area contributed by atoms with Crippen LogP contribution in [0.1, 0.15) is 17.0 Å². The number of hydrogen-bond donors (Lipinski definition) is 2. The molecular formula is C9H15ClN2O2S. The number of carbonyl (C=O) groups is 1. The van der Waals surface area contributed by atoms with E-state index in [0.29, 0.717) is 18.8 Å². The van der Waals surface area contributed by atoms with E-state index in [1.165, 1.54) is 11.8 Å². The van der Waals surface area contributed by atoms with Gasteiger partial charge in [-0.05, 0) is 31.4 Å². The van der Waals surface area contributed by atoms with Crippen molar-refractivity contribution in [1.29, 1.82) is 0 Å². The van der Waals surface area contributed by atoms with Gasteiger partial charge in [-0.25, -0.2) is 0 Å². The van der Waals surface area contributed by atoms with Gasteiger partial charge in [0.25, 0.3) is 5.91 Å². The zero-order valence-corrected chi connectivity index (χ0v) is 10.1. The molecule has 15 heavy (non-hydrogen) atoms. The van der Waals surface area contributed by atoms with Crippen LogP contribution in [-0.2, 0) is 0 Å². The van der Waals surface area contributed by atoms with Crippen molar-refractivity contribution in [2.75, 3.05) is 19.3 Å². The minimum atomic E-state index is -0.182. The molecule has 0 aliphatic carbocycles. The topological polar surface area (TPSA) is 68.3 Å². The fraction of sp³-hybridized carbons (Fsp3) is 0.444. The maximum absolute atomic E-state index is 11.4. The fourth-order valence-electron chi connectivity index (χ4n) is 0.943. The molecule has 1 heterocycles. The standard InChI is InChI=1S/C9H14N2O2S.ClH/c1-14-8-4-3-7(13-8)9(12)11-6-2-5-10;/h3-4H,2,5-6,10H2,1H3,(H,11,12);1H. The quantitative estimate of drug-likeness (QED) is 0.614. The van der Waals surface area contributed by atoms with Crippen molar-refractivity contribution in [3.8, 4) is 0 Å². The van der Waals surface area contributed by atoms with Crippen LogP contribution in [0, 0.1) is 0 Å². The summed E-state index contributed by atoms with van der Waals surface area (Å²) < 4.78 is 5.24. The van der Waals surface area contributed by atoms with E-state index in [-0.39, 0.29) is 18.3 Å². The van der Waals surface area contributed by atoms with Crippen molar-refractivity contribution in [2.45, 2.75) is 11.5 Å². The average molecular weight is 251 g/mol.